The Morgan fingerprint density at radius 2 is 1.81 bits per heavy atom. The molecule has 0 aliphatic heterocycles. The summed E-state index contributed by atoms with van der Waals surface area (Å²) in [5, 5.41) is 3.37. The lowest BCUT2D eigenvalue weighted by Crippen LogP contribution is -2.43. The minimum absolute atomic E-state index is 0.102. The Bertz CT molecular complexity index is 1150. The molecule has 0 saturated heterocycles. The van der Waals surface area contributed by atoms with Crippen molar-refractivity contribution < 1.29 is 23.5 Å². The van der Waals surface area contributed by atoms with E-state index < -0.39 is 23.7 Å². The quantitative estimate of drug-likeness (QED) is 0.309. The predicted molar refractivity (Wildman–Crippen MR) is 121 cm³/mol. The fourth-order valence-electron chi connectivity index (χ4n) is 3.24. The van der Waals surface area contributed by atoms with Crippen molar-refractivity contribution in [2.45, 2.75) is 52.7 Å². The van der Waals surface area contributed by atoms with Crippen molar-refractivity contribution in [3.05, 3.63) is 75.6 Å². The van der Waals surface area contributed by atoms with Crippen LogP contribution in [0.4, 0.5) is 4.79 Å². The Kier molecular flexibility index (Phi) is 7.65. The van der Waals surface area contributed by atoms with Gasteiger partial charge in [0, 0.05) is 17.0 Å². The third-order valence-electron chi connectivity index (χ3n) is 5.28. The number of alkyl carbamates (subject to hydrolysis) is 1. The van der Waals surface area contributed by atoms with Gasteiger partial charge in [-0.1, -0.05) is 50.1 Å². The molecule has 1 N–H and O–H groups in total. The molecule has 1 heterocycles. The molecule has 1 aromatic heterocycles. The molecule has 168 valence electrons. The molecule has 0 bridgehead atoms. The molecule has 3 aromatic rings. The van der Waals surface area contributed by atoms with Crippen LogP contribution in [-0.4, -0.2) is 18.1 Å². The van der Waals surface area contributed by atoms with Gasteiger partial charge in [-0.15, -0.1) is 0 Å². The van der Waals surface area contributed by atoms with Crippen LogP contribution in [-0.2, 0) is 16.1 Å². The van der Waals surface area contributed by atoms with Crippen LogP contribution in [0.2, 0.25) is 0 Å². The van der Waals surface area contributed by atoms with Crippen molar-refractivity contribution in [2.75, 3.05) is 0 Å². The van der Waals surface area contributed by atoms with Crippen LogP contribution < -0.4 is 15.7 Å². The number of amides is 1. The third kappa shape index (κ3) is 5.75. The minimum Gasteiger partial charge on any atom is -0.445 e. The second-order valence-electron chi connectivity index (χ2n) is 7.62. The number of ether oxygens (including phenoxy) is 2. The number of carbonyl (C=O) groups is 2. The Balaban J connectivity index is 1.69. The number of carbonyl (C=O) groups excluding carboxylic acids is 2. The van der Waals surface area contributed by atoms with E-state index in [4.69, 9.17) is 13.9 Å². The second-order valence-corrected chi connectivity index (χ2v) is 7.62. The predicted octanol–water partition coefficient (Wildman–Crippen LogP) is 4.80. The van der Waals surface area contributed by atoms with E-state index >= 15 is 0 Å². The molecular weight excluding hydrogens is 410 g/mol. The molecule has 0 aliphatic rings. The highest BCUT2D eigenvalue weighted by Gasteiger charge is 2.23. The van der Waals surface area contributed by atoms with Crippen molar-refractivity contribution in [1.29, 1.82) is 0 Å². The molecule has 32 heavy (non-hydrogen) atoms. The van der Waals surface area contributed by atoms with E-state index in [1.54, 1.807) is 19.1 Å². The molecule has 3 rings (SSSR count). The highest BCUT2D eigenvalue weighted by molar-refractivity contribution is 5.85. The van der Waals surface area contributed by atoms with Gasteiger partial charge in [-0.05, 0) is 43.5 Å². The van der Waals surface area contributed by atoms with Gasteiger partial charge in [0.15, 0.2) is 0 Å². The van der Waals surface area contributed by atoms with E-state index in [0.29, 0.717) is 17.6 Å². The smallest absolute Gasteiger partial charge is 0.408 e. The first-order valence-electron chi connectivity index (χ1n) is 10.6. The minimum atomic E-state index is -0.860. The van der Waals surface area contributed by atoms with E-state index in [0.717, 1.165) is 29.4 Å². The number of esters is 1. The Morgan fingerprint density at radius 1 is 1.06 bits per heavy atom. The summed E-state index contributed by atoms with van der Waals surface area (Å²) in [6.45, 7) is 5.64. The molecule has 7 nitrogen and oxygen atoms in total. The summed E-state index contributed by atoms with van der Waals surface area (Å²) in [6, 6.07) is 13.3. The highest BCUT2D eigenvalue weighted by Crippen LogP contribution is 2.24. The summed E-state index contributed by atoms with van der Waals surface area (Å²) in [7, 11) is 0. The number of hydrogen-bond donors (Lipinski definition) is 1. The van der Waals surface area contributed by atoms with Crippen LogP contribution in [0.5, 0.6) is 5.75 Å². The number of hydrogen-bond acceptors (Lipinski definition) is 6. The molecule has 2 aromatic carbocycles. The van der Waals surface area contributed by atoms with Gasteiger partial charge in [0.05, 0.1) is 0 Å². The summed E-state index contributed by atoms with van der Waals surface area (Å²) < 4.78 is 16.0. The second kappa shape index (κ2) is 10.6. The number of fused-ring (bicyclic) bond motifs is 1. The molecule has 0 fully saturated rings. The number of unbranched alkanes of at least 4 members (excludes halogenated alkanes) is 1. The van der Waals surface area contributed by atoms with E-state index in [9.17, 15) is 14.4 Å². The van der Waals surface area contributed by atoms with Gasteiger partial charge in [-0.2, -0.15) is 0 Å². The van der Waals surface area contributed by atoms with Crippen LogP contribution in [0.1, 0.15) is 42.9 Å². The average molecular weight is 437 g/mol. The number of benzene rings is 2. The average Bonchev–Trinajstić information content (AvgIpc) is 2.79. The first-order valence-corrected chi connectivity index (χ1v) is 10.6. The molecule has 0 radical (unpaired) electrons. The van der Waals surface area contributed by atoms with Crippen LogP contribution in [0.25, 0.3) is 11.0 Å². The summed E-state index contributed by atoms with van der Waals surface area (Å²) in [4.78, 5) is 37.0. The zero-order valence-corrected chi connectivity index (χ0v) is 18.5. The Labute approximate surface area is 186 Å². The van der Waals surface area contributed by atoms with Crippen molar-refractivity contribution in [3.8, 4) is 5.75 Å². The number of aryl methyl sites for hydroxylation is 1. The molecular formula is C25H27NO6. The summed E-state index contributed by atoms with van der Waals surface area (Å²) in [5.41, 5.74) is 2.11. The van der Waals surface area contributed by atoms with Crippen molar-refractivity contribution in [3.63, 3.8) is 0 Å². The number of rotatable bonds is 8. The largest absolute Gasteiger partial charge is 0.445 e. The fraction of sp³-hybridized carbons (Fsp3) is 0.320. The summed E-state index contributed by atoms with van der Waals surface area (Å²) in [5.74, 6) is -0.379. The maximum Gasteiger partial charge on any atom is 0.408 e. The van der Waals surface area contributed by atoms with E-state index in [-0.39, 0.29) is 12.4 Å². The number of nitrogens with one attached hydrogen (secondary N) is 1. The van der Waals surface area contributed by atoms with Gasteiger partial charge in [0.2, 0.25) is 0 Å². The van der Waals surface area contributed by atoms with Crippen molar-refractivity contribution in [2.24, 2.45) is 0 Å². The lowest BCUT2D eigenvalue weighted by molar-refractivity contribution is -0.136. The van der Waals surface area contributed by atoms with Gasteiger partial charge in [0.25, 0.3) is 0 Å². The normalized spacial score (nSPS) is 11.7. The van der Waals surface area contributed by atoms with Gasteiger partial charge in [-0.25, -0.2) is 14.4 Å². The van der Waals surface area contributed by atoms with Gasteiger partial charge in [-0.3, -0.25) is 0 Å². The van der Waals surface area contributed by atoms with Crippen LogP contribution in [0, 0.1) is 13.8 Å². The van der Waals surface area contributed by atoms with E-state index in [1.165, 1.54) is 6.07 Å². The highest BCUT2D eigenvalue weighted by atomic mass is 16.6. The molecule has 0 aliphatic carbocycles. The lowest BCUT2D eigenvalue weighted by Gasteiger charge is -2.17. The van der Waals surface area contributed by atoms with Crippen LogP contribution in [0.3, 0.4) is 0 Å². The maximum atomic E-state index is 12.8. The standard InChI is InChI=1S/C25H27NO6/c1-4-5-11-21(26-25(29)30-15-18-9-7-6-8-10-18)24(28)31-19-12-13-20-16(2)17(3)23(27)32-22(20)14-19/h6-10,12-14,21H,4-5,11,15H2,1-3H3,(H,26,29). The van der Waals surface area contributed by atoms with Crippen LogP contribution >= 0.6 is 0 Å². The molecule has 1 atom stereocenters. The molecule has 0 saturated carbocycles. The zero-order chi connectivity index (χ0) is 23.1. The summed E-state index contributed by atoms with van der Waals surface area (Å²) >= 11 is 0. The van der Waals surface area contributed by atoms with Gasteiger partial charge in [0.1, 0.15) is 24.0 Å². The first-order chi connectivity index (χ1) is 15.4. The molecule has 7 heteroatoms. The van der Waals surface area contributed by atoms with Crippen molar-refractivity contribution in [1.82, 2.24) is 5.32 Å². The zero-order valence-electron chi connectivity index (χ0n) is 18.5. The maximum absolute atomic E-state index is 12.8. The molecule has 0 spiro atoms. The van der Waals surface area contributed by atoms with Gasteiger partial charge >= 0.3 is 17.7 Å². The SMILES string of the molecule is CCCCC(NC(=O)OCc1ccccc1)C(=O)Oc1ccc2c(C)c(C)c(=O)oc2c1. The Morgan fingerprint density at radius 3 is 2.53 bits per heavy atom. The van der Waals surface area contributed by atoms with E-state index in [1.807, 2.05) is 44.2 Å². The molecule has 1 amide bonds. The van der Waals surface area contributed by atoms with Crippen molar-refractivity contribution >= 4 is 23.0 Å². The first kappa shape index (κ1) is 23.1. The third-order valence-corrected chi connectivity index (χ3v) is 5.28. The Hall–Kier alpha value is -3.61. The lowest BCUT2D eigenvalue weighted by atomic mass is 10.1. The fourth-order valence-corrected chi connectivity index (χ4v) is 3.24. The van der Waals surface area contributed by atoms with E-state index in [2.05, 4.69) is 5.32 Å². The monoisotopic (exact) mass is 437 g/mol. The topological polar surface area (TPSA) is 94.8 Å². The molecule has 1 unspecified atom stereocenters. The summed E-state index contributed by atoms with van der Waals surface area (Å²) in [6.07, 6.45) is 1.30. The van der Waals surface area contributed by atoms with Gasteiger partial charge < -0.3 is 19.2 Å². The van der Waals surface area contributed by atoms with Crippen LogP contribution in [0.15, 0.2) is 57.7 Å².